The van der Waals surface area contributed by atoms with E-state index in [1.165, 1.54) is 38.8 Å². The minimum absolute atomic E-state index is 0.447. The highest BCUT2D eigenvalue weighted by Gasteiger charge is 2.33. The molecule has 2 heterocycles. The van der Waals surface area contributed by atoms with Gasteiger partial charge in [0, 0.05) is 13.1 Å². The van der Waals surface area contributed by atoms with E-state index in [9.17, 15) is 5.11 Å². The average molecular weight is 226 g/mol. The second kappa shape index (κ2) is 5.48. The number of likely N-dealkylation sites (tertiary alicyclic amines) is 2. The second-order valence-corrected chi connectivity index (χ2v) is 5.76. The third-order valence-electron chi connectivity index (χ3n) is 3.96. The predicted octanol–water partition coefficient (Wildman–Crippen LogP) is 1.32. The molecule has 2 saturated heterocycles. The molecule has 0 aromatic rings. The third-order valence-corrected chi connectivity index (χ3v) is 3.96. The van der Waals surface area contributed by atoms with Gasteiger partial charge in [0.2, 0.25) is 0 Å². The number of hydrogen-bond donors (Lipinski definition) is 1. The molecule has 16 heavy (non-hydrogen) atoms. The summed E-state index contributed by atoms with van der Waals surface area (Å²) in [6.45, 7) is 5.25. The highest BCUT2D eigenvalue weighted by molar-refractivity contribution is 4.89. The van der Waals surface area contributed by atoms with Crippen LogP contribution in [-0.4, -0.2) is 60.3 Å². The number of likely N-dealkylation sites (N-methyl/N-ethyl adjacent to an activating group) is 1. The molecule has 2 fully saturated rings. The highest BCUT2D eigenvalue weighted by atomic mass is 16.3. The molecule has 0 amide bonds. The maximum Gasteiger partial charge on any atom is 0.0900 e. The molecule has 2 aliphatic rings. The lowest BCUT2D eigenvalue weighted by molar-refractivity contribution is -0.0465. The Morgan fingerprint density at radius 2 is 1.69 bits per heavy atom. The van der Waals surface area contributed by atoms with Crippen LogP contribution in [-0.2, 0) is 0 Å². The van der Waals surface area contributed by atoms with Crippen molar-refractivity contribution in [1.29, 1.82) is 0 Å². The molecule has 2 aliphatic heterocycles. The summed E-state index contributed by atoms with van der Waals surface area (Å²) in [6.07, 6.45) is 7.48. The first-order valence-electron chi connectivity index (χ1n) is 6.81. The summed E-state index contributed by atoms with van der Waals surface area (Å²) in [4.78, 5) is 4.74. The number of rotatable bonds is 2. The first-order valence-corrected chi connectivity index (χ1v) is 6.81. The first kappa shape index (κ1) is 12.3. The van der Waals surface area contributed by atoms with Gasteiger partial charge in [-0.05, 0) is 52.4 Å². The summed E-state index contributed by atoms with van der Waals surface area (Å²) in [5, 5.41) is 10.6. The minimum Gasteiger partial charge on any atom is -0.387 e. The molecule has 3 heteroatoms. The lowest BCUT2D eigenvalue weighted by Gasteiger charge is -2.40. The van der Waals surface area contributed by atoms with Crippen molar-refractivity contribution in [3.63, 3.8) is 0 Å². The molecule has 0 unspecified atom stereocenters. The van der Waals surface area contributed by atoms with E-state index in [-0.39, 0.29) is 0 Å². The van der Waals surface area contributed by atoms with Crippen molar-refractivity contribution in [2.45, 2.75) is 44.1 Å². The molecule has 1 N–H and O–H groups in total. The Labute approximate surface area is 99.4 Å². The summed E-state index contributed by atoms with van der Waals surface area (Å²) < 4.78 is 0. The number of nitrogens with zero attached hydrogens (tertiary/aromatic N) is 2. The third kappa shape index (κ3) is 3.44. The summed E-state index contributed by atoms with van der Waals surface area (Å²) in [7, 11) is 2.12. The number of β-amino-alcohol motifs (C(OH)–C–C–N with tert-alkyl or cyclic N) is 1. The summed E-state index contributed by atoms with van der Waals surface area (Å²) in [5.41, 5.74) is -0.447. The highest BCUT2D eigenvalue weighted by Crippen LogP contribution is 2.22. The zero-order valence-corrected chi connectivity index (χ0v) is 10.6. The van der Waals surface area contributed by atoms with Crippen LogP contribution in [0.2, 0.25) is 0 Å². The molecule has 0 aromatic heterocycles. The van der Waals surface area contributed by atoms with Crippen molar-refractivity contribution >= 4 is 0 Å². The van der Waals surface area contributed by atoms with E-state index in [0.717, 1.165) is 32.5 Å². The summed E-state index contributed by atoms with van der Waals surface area (Å²) in [5.74, 6) is 0. The molecule has 94 valence electrons. The van der Waals surface area contributed by atoms with Gasteiger partial charge in [-0.3, -0.25) is 0 Å². The predicted molar refractivity (Wildman–Crippen MR) is 66.6 cm³/mol. The monoisotopic (exact) mass is 226 g/mol. The lowest BCUT2D eigenvalue weighted by atomic mass is 9.92. The van der Waals surface area contributed by atoms with Gasteiger partial charge in [0.15, 0.2) is 0 Å². The van der Waals surface area contributed by atoms with Crippen LogP contribution in [0.25, 0.3) is 0 Å². The molecular formula is C13H26N2O. The van der Waals surface area contributed by atoms with Gasteiger partial charge in [0.05, 0.1) is 5.60 Å². The van der Waals surface area contributed by atoms with Gasteiger partial charge in [-0.25, -0.2) is 0 Å². The standard InChI is InChI=1S/C13H26N2O/c1-14-8-6-7-13(16,11-14)12-15-9-4-2-3-5-10-15/h16H,2-12H2,1H3/t13-/m0/s1. The Bertz CT molecular complexity index is 214. The fourth-order valence-corrected chi connectivity index (χ4v) is 3.18. The Kier molecular flexibility index (Phi) is 4.22. The Balaban J connectivity index is 1.86. The van der Waals surface area contributed by atoms with Crippen LogP contribution in [0.4, 0.5) is 0 Å². The fraction of sp³-hybridized carbons (Fsp3) is 1.00. The zero-order valence-electron chi connectivity index (χ0n) is 10.6. The zero-order chi connectivity index (χ0) is 11.4. The van der Waals surface area contributed by atoms with E-state index in [1.54, 1.807) is 0 Å². The van der Waals surface area contributed by atoms with Crippen LogP contribution >= 0.6 is 0 Å². The summed E-state index contributed by atoms with van der Waals surface area (Å²) >= 11 is 0. The van der Waals surface area contributed by atoms with Gasteiger partial charge in [-0.2, -0.15) is 0 Å². The SMILES string of the molecule is CN1CCC[C@@](O)(CN2CCCCCC2)C1. The Morgan fingerprint density at radius 3 is 2.31 bits per heavy atom. The molecule has 0 aromatic carbocycles. The van der Waals surface area contributed by atoms with Gasteiger partial charge in [-0.15, -0.1) is 0 Å². The van der Waals surface area contributed by atoms with Gasteiger partial charge < -0.3 is 14.9 Å². The number of piperidine rings is 1. The van der Waals surface area contributed by atoms with E-state index in [0.29, 0.717) is 0 Å². The summed E-state index contributed by atoms with van der Waals surface area (Å²) in [6, 6.07) is 0. The molecule has 0 aliphatic carbocycles. The smallest absolute Gasteiger partial charge is 0.0900 e. The molecule has 3 nitrogen and oxygen atoms in total. The topological polar surface area (TPSA) is 26.7 Å². The molecule has 0 radical (unpaired) electrons. The van der Waals surface area contributed by atoms with Crippen LogP contribution in [0, 0.1) is 0 Å². The second-order valence-electron chi connectivity index (χ2n) is 5.76. The van der Waals surface area contributed by atoms with Crippen LogP contribution < -0.4 is 0 Å². The number of hydrogen-bond acceptors (Lipinski definition) is 3. The molecule has 0 spiro atoms. The number of aliphatic hydroxyl groups is 1. The molecule has 2 rings (SSSR count). The van der Waals surface area contributed by atoms with Gasteiger partial charge in [0.1, 0.15) is 0 Å². The molecular weight excluding hydrogens is 200 g/mol. The van der Waals surface area contributed by atoms with E-state index in [2.05, 4.69) is 16.8 Å². The normalized spacial score (nSPS) is 34.9. The first-order chi connectivity index (χ1) is 7.68. The van der Waals surface area contributed by atoms with E-state index < -0.39 is 5.60 Å². The van der Waals surface area contributed by atoms with Crippen molar-refractivity contribution in [3.05, 3.63) is 0 Å². The molecule has 0 saturated carbocycles. The largest absolute Gasteiger partial charge is 0.387 e. The van der Waals surface area contributed by atoms with Crippen molar-refractivity contribution in [1.82, 2.24) is 9.80 Å². The van der Waals surface area contributed by atoms with Crippen molar-refractivity contribution in [2.24, 2.45) is 0 Å². The maximum atomic E-state index is 10.6. The van der Waals surface area contributed by atoms with Gasteiger partial charge >= 0.3 is 0 Å². The minimum atomic E-state index is -0.447. The Morgan fingerprint density at radius 1 is 1.00 bits per heavy atom. The Hall–Kier alpha value is -0.120. The average Bonchev–Trinajstić information content (AvgIpc) is 2.45. The van der Waals surface area contributed by atoms with Crippen LogP contribution in [0.5, 0.6) is 0 Å². The van der Waals surface area contributed by atoms with E-state index >= 15 is 0 Å². The molecule has 0 bridgehead atoms. The van der Waals surface area contributed by atoms with E-state index in [1.807, 2.05) is 0 Å². The van der Waals surface area contributed by atoms with Crippen LogP contribution in [0.15, 0.2) is 0 Å². The quantitative estimate of drug-likeness (QED) is 0.769. The lowest BCUT2D eigenvalue weighted by Crippen LogP contribution is -2.53. The van der Waals surface area contributed by atoms with Gasteiger partial charge in [0.25, 0.3) is 0 Å². The fourth-order valence-electron chi connectivity index (χ4n) is 3.18. The van der Waals surface area contributed by atoms with Crippen molar-refractivity contribution < 1.29 is 5.11 Å². The van der Waals surface area contributed by atoms with Crippen molar-refractivity contribution in [2.75, 3.05) is 39.8 Å². The maximum absolute atomic E-state index is 10.6. The van der Waals surface area contributed by atoms with E-state index in [4.69, 9.17) is 0 Å². The van der Waals surface area contributed by atoms with Crippen molar-refractivity contribution in [3.8, 4) is 0 Å². The molecule has 1 atom stereocenters. The van der Waals surface area contributed by atoms with Crippen LogP contribution in [0.1, 0.15) is 38.5 Å². The van der Waals surface area contributed by atoms with Gasteiger partial charge in [-0.1, -0.05) is 12.8 Å². The van der Waals surface area contributed by atoms with Crippen LogP contribution in [0.3, 0.4) is 0 Å².